The Bertz CT molecular complexity index is 1510. The summed E-state index contributed by atoms with van der Waals surface area (Å²) in [6, 6.07) is 24.9. The van der Waals surface area contributed by atoms with Crippen molar-refractivity contribution in [1.82, 2.24) is 9.88 Å². The van der Waals surface area contributed by atoms with Crippen LogP contribution >= 0.6 is 34.4 Å². The van der Waals surface area contributed by atoms with E-state index in [1.54, 1.807) is 34.8 Å². The first-order valence-corrected chi connectivity index (χ1v) is 14.7. The minimum absolute atomic E-state index is 0.0728. The molecule has 2 aromatic heterocycles. The average Bonchev–Trinajstić information content (AvgIpc) is 3.49. The molecule has 8 heteroatoms. The van der Waals surface area contributed by atoms with Gasteiger partial charge in [0.05, 0.1) is 16.0 Å². The number of carbonyl (C=O) groups excluding carboxylic acids is 1. The maximum absolute atomic E-state index is 13.2. The van der Waals surface area contributed by atoms with Gasteiger partial charge in [-0.25, -0.2) is 9.37 Å². The summed E-state index contributed by atoms with van der Waals surface area (Å²) in [7, 11) is 0. The first-order chi connectivity index (χ1) is 18.1. The van der Waals surface area contributed by atoms with Gasteiger partial charge in [-0.05, 0) is 53.9 Å². The van der Waals surface area contributed by atoms with Gasteiger partial charge in [0.1, 0.15) is 15.8 Å². The maximum atomic E-state index is 13.2. The fraction of sp³-hybridized carbons (Fsp3) is 0.172. The minimum atomic E-state index is -0.278. The number of amides is 1. The van der Waals surface area contributed by atoms with Crippen molar-refractivity contribution in [1.29, 1.82) is 0 Å². The summed E-state index contributed by atoms with van der Waals surface area (Å²) in [5.74, 6) is -0.0932. The molecule has 0 saturated carbocycles. The molecule has 5 aromatic rings. The lowest BCUT2D eigenvalue weighted by Gasteiger charge is -2.27. The Morgan fingerprint density at radius 2 is 1.78 bits per heavy atom. The van der Waals surface area contributed by atoms with Crippen LogP contribution in [0.3, 0.4) is 0 Å². The van der Waals surface area contributed by atoms with Crippen LogP contribution in [0.1, 0.15) is 16.0 Å². The molecule has 0 atom stereocenters. The molecule has 6 rings (SSSR count). The number of rotatable bonds is 7. The fourth-order valence-corrected chi connectivity index (χ4v) is 7.68. The third-order valence-corrected chi connectivity index (χ3v) is 9.53. The number of hydrogen-bond donors (Lipinski definition) is 1. The molecule has 186 valence electrons. The van der Waals surface area contributed by atoms with Crippen LogP contribution in [0.2, 0.25) is 0 Å². The Morgan fingerprint density at radius 3 is 2.59 bits per heavy atom. The van der Waals surface area contributed by atoms with Crippen molar-refractivity contribution in [2.75, 3.05) is 17.6 Å². The zero-order chi connectivity index (χ0) is 25.2. The summed E-state index contributed by atoms with van der Waals surface area (Å²) < 4.78 is 14.4. The number of anilines is 1. The van der Waals surface area contributed by atoms with Gasteiger partial charge in [-0.15, -0.1) is 34.4 Å². The number of aromatic nitrogens is 1. The van der Waals surface area contributed by atoms with Gasteiger partial charge in [0.25, 0.3) is 0 Å². The van der Waals surface area contributed by atoms with Gasteiger partial charge in [0, 0.05) is 35.0 Å². The number of benzene rings is 3. The number of hydrogen-bond acceptors (Lipinski definition) is 6. The molecule has 37 heavy (non-hydrogen) atoms. The Kier molecular flexibility index (Phi) is 7.06. The molecule has 0 fully saturated rings. The molecule has 0 aliphatic carbocycles. The number of nitrogens with one attached hydrogen (secondary N) is 1. The van der Waals surface area contributed by atoms with Crippen LogP contribution in [0.5, 0.6) is 0 Å². The van der Waals surface area contributed by atoms with E-state index in [0.717, 1.165) is 56.7 Å². The molecule has 0 bridgehead atoms. The van der Waals surface area contributed by atoms with Gasteiger partial charge in [0.2, 0.25) is 5.91 Å². The average molecular weight is 546 g/mol. The molecule has 1 aliphatic rings. The number of para-hydroxylation sites is 1. The number of nitrogens with zero attached hydrogens (tertiary/aromatic N) is 2. The summed E-state index contributed by atoms with van der Waals surface area (Å²) in [6.45, 7) is 2.72. The van der Waals surface area contributed by atoms with Gasteiger partial charge in [-0.3, -0.25) is 9.69 Å². The smallest absolute Gasteiger partial charge is 0.235 e. The third kappa shape index (κ3) is 5.48. The number of thiophene rings is 1. The summed E-state index contributed by atoms with van der Waals surface area (Å²) in [6.07, 6.45) is 0.921. The first-order valence-electron chi connectivity index (χ1n) is 12.1. The molecular formula is C29H24FN3OS3. The molecule has 0 radical (unpaired) electrons. The number of carbonyl (C=O) groups is 1. The van der Waals surface area contributed by atoms with E-state index in [4.69, 9.17) is 4.98 Å². The molecule has 3 aromatic carbocycles. The molecular weight excluding hydrogens is 522 g/mol. The zero-order valence-corrected chi connectivity index (χ0v) is 22.4. The number of halogens is 1. The number of thioether (sulfide) groups is 1. The van der Waals surface area contributed by atoms with Gasteiger partial charge >= 0.3 is 0 Å². The predicted molar refractivity (Wildman–Crippen MR) is 153 cm³/mol. The SMILES string of the molecule is O=C(CSc1ccc(F)cc1)Nc1sc2c(c1-c1nc3ccccc3s1)CCN(Cc1ccccc1)C2. The van der Waals surface area contributed by atoms with Crippen LogP contribution in [-0.2, 0) is 24.3 Å². The van der Waals surface area contributed by atoms with Crippen LogP contribution in [0, 0.1) is 5.82 Å². The number of fused-ring (bicyclic) bond motifs is 2. The van der Waals surface area contributed by atoms with E-state index in [9.17, 15) is 9.18 Å². The van der Waals surface area contributed by atoms with Crippen molar-refractivity contribution in [2.45, 2.75) is 24.4 Å². The molecule has 4 nitrogen and oxygen atoms in total. The second-order valence-electron chi connectivity index (χ2n) is 8.93. The largest absolute Gasteiger partial charge is 0.316 e. The van der Waals surface area contributed by atoms with Gasteiger partial charge < -0.3 is 5.32 Å². The first kappa shape index (κ1) is 24.3. The van der Waals surface area contributed by atoms with E-state index in [0.29, 0.717) is 0 Å². The Balaban J connectivity index is 1.27. The van der Waals surface area contributed by atoms with E-state index in [2.05, 4.69) is 40.5 Å². The standard InChI is InChI=1S/C29H24FN3OS3/c30-20-10-12-21(13-11-20)35-18-26(34)32-29-27(28-31-23-8-4-5-9-24(23)36-28)22-14-15-33(17-25(22)37-29)16-19-6-2-1-3-7-19/h1-13H,14-18H2,(H,32,34). The van der Waals surface area contributed by atoms with Crippen LogP contribution < -0.4 is 5.32 Å². The lowest BCUT2D eigenvalue weighted by molar-refractivity contribution is -0.113. The monoisotopic (exact) mass is 545 g/mol. The molecule has 1 N–H and O–H groups in total. The van der Waals surface area contributed by atoms with Crippen LogP contribution in [0.4, 0.5) is 9.39 Å². The normalized spacial score (nSPS) is 13.5. The highest BCUT2D eigenvalue weighted by Gasteiger charge is 2.28. The fourth-order valence-electron chi connectivity index (χ4n) is 4.57. The molecule has 0 unspecified atom stereocenters. The highest BCUT2D eigenvalue weighted by Crippen LogP contribution is 2.46. The summed E-state index contributed by atoms with van der Waals surface area (Å²) in [4.78, 5) is 22.6. The van der Waals surface area contributed by atoms with Crippen molar-refractivity contribution in [2.24, 2.45) is 0 Å². The van der Waals surface area contributed by atoms with Gasteiger partial charge in [-0.2, -0.15) is 0 Å². The van der Waals surface area contributed by atoms with Gasteiger partial charge in [0.15, 0.2) is 0 Å². The predicted octanol–water partition coefficient (Wildman–Crippen LogP) is 7.45. The Hall–Kier alpha value is -3.04. The van der Waals surface area contributed by atoms with Crippen LogP contribution in [0.15, 0.2) is 83.8 Å². The number of thiazole rings is 1. The van der Waals surface area contributed by atoms with Crippen molar-refractivity contribution in [3.63, 3.8) is 0 Å². The zero-order valence-electron chi connectivity index (χ0n) is 19.9. The van der Waals surface area contributed by atoms with Crippen LogP contribution in [0.25, 0.3) is 20.8 Å². The second kappa shape index (κ2) is 10.8. The summed E-state index contributed by atoms with van der Waals surface area (Å²) >= 11 is 4.74. The second-order valence-corrected chi connectivity index (χ2v) is 12.1. The van der Waals surface area contributed by atoms with Crippen molar-refractivity contribution < 1.29 is 9.18 Å². The van der Waals surface area contributed by atoms with E-state index in [-0.39, 0.29) is 17.5 Å². The molecule has 0 spiro atoms. The lowest BCUT2D eigenvalue weighted by Crippen LogP contribution is -2.29. The topological polar surface area (TPSA) is 45.2 Å². The van der Waals surface area contributed by atoms with Gasteiger partial charge in [-0.1, -0.05) is 42.5 Å². The highest BCUT2D eigenvalue weighted by molar-refractivity contribution is 8.00. The molecule has 1 aliphatic heterocycles. The van der Waals surface area contributed by atoms with Crippen LogP contribution in [-0.4, -0.2) is 28.1 Å². The van der Waals surface area contributed by atoms with Crippen molar-refractivity contribution in [3.05, 3.63) is 101 Å². The Morgan fingerprint density at radius 1 is 1.00 bits per heavy atom. The molecule has 0 saturated heterocycles. The van der Waals surface area contributed by atoms with Crippen molar-refractivity contribution in [3.8, 4) is 10.6 Å². The lowest BCUT2D eigenvalue weighted by atomic mass is 10.0. The van der Waals surface area contributed by atoms with E-state index >= 15 is 0 Å². The third-order valence-electron chi connectivity index (χ3n) is 6.33. The summed E-state index contributed by atoms with van der Waals surface area (Å²) in [5.41, 5.74) is 4.66. The van der Waals surface area contributed by atoms with E-state index in [1.165, 1.54) is 39.9 Å². The quantitative estimate of drug-likeness (QED) is 0.216. The van der Waals surface area contributed by atoms with E-state index in [1.807, 2.05) is 24.3 Å². The highest BCUT2D eigenvalue weighted by atomic mass is 32.2. The molecule has 1 amide bonds. The minimum Gasteiger partial charge on any atom is -0.316 e. The Labute approximate surface area is 227 Å². The molecule has 3 heterocycles. The summed E-state index contributed by atoms with van der Waals surface area (Å²) in [5, 5.41) is 5.02. The van der Waals surface area contributed by atoms with Crippen molar-refractivity contribution >= 4 is 55.6 Å². The van der Waals surface area contributed by atoms with E-state index < -0.39 is 0 Å². The maximum Gasteiger partial charge on any atom is 0.235 e.